The lowest BCUT2D eigenvalue weighted by atomic mass is 10.2. The quantitative estimate of drug-likeness (QED) is 0.758. The lowest BCUT2D eigenvalue weighted by Crippen LogP contribution is -2.31. The number of anilines is 1. The summed E-state index contributed by atoms with van der Waals surface area (Å²) in [7, 11) is 0. The minimum Gasteiger partial charge on any atom is -0.343 e. The zero-order chi connectivity index (χ0) is 16.7. The molecule has 0 heterocycles. The second-order valence-corrected chi connectivity index (χ2v) is 5.92. The molecule has 0 atom stereocenters. The van der Waals surface area contributed by atoms with Crippen molar-refractivity contribution in [2.75, 3.05) is 11.9 Å². The number of benzene rings is 2. The van der Waals surface area contributed by atoms with E-state index in [2.05, 4.69) is 26.6 Å². The van der Waals surface area contributed by atoms with E-state index in [1.54, 1.807) is 30.3 Å². The zero-order valence-corrected chi connectivity index (χ0v) is 14.4. The SMILES string of the molecule is O=C(/C=C/c1ccccc1Br)NCC(=O)Nc1ccc(Cl)cc1. The predicted octanol–water partition coefficient (Wildman–Crippen LogP) is 3.87. The number of nitrogens with one attached hydrogen (secondary N) is 2. The molecule has 0 aliphatic heterocycles. The fourth-order valence-electron chi connectivity index (χ4n) is 1.74. The molecule has 2 amide bonds. The van der Waals surface area contributed by atoms with E-state index < -0.39 is 0 Å². The number of hydrogen-bond acceptors (Lipinski definition) is 2. The first-order valence-corrected chi connectivity index (χ1v) is 7.97. The van der Waals surface area contributed by atoms with Gasteiger partial charge in [0, 0.05) is 21.3 Å². The van der Waals surface area contributed by atoms with Gasteiger partial charge < -0.3 is 10.6 Å². The lowest BCUT2D eigenvalue weighted by Gasteiger charge is -2.05. The summed E-state index contributed by atoms with van der Waals surface area (Å²) >= 11 is 9.16. The molecule has 0 aliphatic rings. The van der Waals surface area contributed by atoms with Crippen molar-refractivity contribution in [2.24, 2.45) is 0 Å². The van der Waals surface area contributed by atoms with Crippen molar-refractivity contribution < 1.29 is 9.59 Å². The van der Waals surface area contributed by atoms with Crippen molar-refractivity contribution in [3.8, 4) is 0 Å². The van der Waals surface area contributed by atoms with Crippen LogP contribution in [0.2, 0.25) is 5.02 Å². The van der Waals surface area contributed by atoms with Gasteiger partial charge in [0.15, 0.2) is 0 Å². The second kappa shape index (κ2) is 8.50. The van der Waals surface area contributed by atoms with Gasteiger partial charge >= 0.3 is 0 Å². The van der Waals surface area contributed by atoms with E-state index in [-0.39, 0.29) is 18.4 Å². The average Bonchev–Trinajstić information content (AvgIpc) is 2.54. The van der Waals surface area contributed by atoms with Gasteiger partial charge in [-0.2, -0.15) is 0 Å². The van der Waals surface area contributed by atoms with Crippen LogP contribution in [0.4, 0.5) is 5.69 Å². The van der Waals surface area contributed by atoms with Gasteiger partial charge in [-0.15, -0.1) is 0 Å². The van der Waals surface area contributed by atoms with E-state index in [1.807, 2.05) is 24.3 Å². The van der Waals surface area contributed by atoms with E-state index in [1.165, 1.54) is 6.08 Å². The van der Waals surface area contributed by atoms with Crippen molar-refractivity contribution in [3.63, 3.8) is 0 Å². The third-order valence-electron chi connectivity index (χ3n) is 2.87. The van der Waals surface area contributed by atoms with Crippen LogP contribution in [0.3, 0.4) is 0 Å². The summed E-state index contributed by atoms with van der Waals surface area (Å²) in [5, 5.41) is 5.78. The molecule has 0 spiro atoms. The first-order valence-electron chi connectivity index (χ1n) is 6.80. The average molecular weight is 394 g/mol. The number of rotatable bonds is 5. The summed E-state index contributed by atoms with van der Waals surface area (Å²) in [6.07, 6.45) is 3.06. The maximum Gasteiger partial charge on any atom is 0.244 e. The molecule has 2 aromatic rings. The highest BCUT2D eigenvalue weighted by Gasteiger charge is 2.04. The fraction of sp³-hybridized carbons (Fsp3) is 0.0588. The minimum atomic E-state index is -0.341. The smallest absolute Gasteiger partial charge is 0.244 e. The molecule has 0 aliphatic carbocycles. The van der Waals surface area contributed by atoms with Gasteiger partial charge in [-0.1, -0.05) is 45.7 Å². The Morgan fingerprint density at radius 2 is 1.78 bits per heavy atom. The molecule has 0 saturated carbocycles. The minimum absolute atomic E-state index is 0.109. The van der Waals surface area contributed by atoms with Gasteiger partial charge in [-0.25, -0.2) is 0 Å². The monoisotopic (exact) mass is 392 g/mol. The first-order chi connectivity index (χ1) is 11.0. The molecular formula is C17H14BrClN2O2. The molecule has 2 aromatic carbocycles. The Labute approximate surface area is 147 Å². The van der Waals surface area contributed by atoms with Crippen molar-refractivity contribution in [1.29, 1.82) is 0 Å². The standard InChI is InChI=1S/C17H14BrClN2O2/c18-15-4-2-1-3-12(15)5-10-16(22)20-11-17(23)21-14-8-6-13(19)7-9-14/h1-10H,11H2,(H,20,22)(H,21,23)/b10-5+. The van der Waals surface area contributed by atoms with Crippen molar-refractivity contribution in [1.82, 2.24) is 5.32 Å². The van der Waals surface area contributed by atoms with Crippen LogP contribution < -0.4 is 10.6 Å². The number of halogens is 2. The van der Waals surface area contributed by atoms with E-state index in [4.69, 9.17) is 11.6 Å². The highest BCUT2D eigenvalue weighted by atomic mass is 79.9. The Bertz CT molecular complexity index is 730. The molecule has 0 bridgehead atoms. The molecule has 2 N–H and O–H groups in total. The molecule has 0 aromatic heterocycles. The Morgan fingerprint density at radius 3 is 2.48 bits per heavy atom. The van der Waals surface area contributed by atoms with Gasteiger partial charge in [-0.05, 0) is 42.0 Å². The van der Waals surface area contributed by atoms with Crippen LogP contribution in [0.1, 0.15) is 5.56 Å². The van der Waals surface area contributed by atoms with Crippen molar-refractivity contribution >= 4 is 51.1 Å². The largest absolute Gasteiger partial charge is 0.343 e. The fourth-order valence-corrected chi connectivity index (χ4v) is 2.28. The van der Waals surface area contributed by atoms with E-state index in [0.29, 0.717) is 10.7 Å². The van der Waals surface area contributed by atoms with Gasteiger partial charge in [0.05, 0.1) is 6.54 Å². The summed E-state index contributed by atoms with van der Waals surface area (Å²) in [6.45, 7) is -0.109. The van der Waals surface area contributed by atoms with Gasteiger partial charge in [-0.3, -0.25) is 9.59 Å². The summed E-state index contributed by atoms with van der Waals surface area (Å²) in [6, 6.07) is 14.3. The third-order valence-corrected chi connectivity index (χ3v) is 3.84. The molecule has 0 unspecified atom stereocenters. The van der Waals surface area contributed by atoms with Crippen LogP contribution in [0.5, 0.6) is 0 Å². The topological polar surface area (TPSA) is 58.2 Å². The van der Waals surface area contributed by atoms with Crippen LogP contribution in [-0.4, -0.2) is 18.4 Å². The van der Waals surface area contributed by atoms with E-state index in [9.17, 15) is 9.59 Å². The van der Waals surface area contributed by atoms with Gasteiger partial charge in [0.1, 0.15) is 0 Å². The molecular weight excluding hydrogens is 380 g/mol. The lowest BCUT2D eigenvalue weighted by molar-refractivity contribution is -0.121. The molecule has 0 radical (unpaired) electrons. The van der Waals surface area contributed by atoms with Crippen LogP contribution in [0, 0.1) is 0 Å². The molecule has 0 fully saturated rings. The zero-order valence-electron chi connectivity index (χ0n) is 12.1. The highest BCUT2D eigenvalue weighted by Crippen LogP contribution is 2.17. The van der Waals surface area contributed by atoms with Crippen molar-refractivity contribution in [2.45, 2.75) is 0 Å². The molecule has 6 heteroatoms. The van der Waals surface area contributed by atoms with Crippen LogP contribution in [0.15, 0.2) is 59.1 Å². The summed E-state index contributed by atoms with van der Waals surface area (Å²) in [5.41, 5.74) is 1.51. The maximum absolute atomic E-state index is 11.7. The van der Waals surface area contributed by atoms with Gasteiger partial charge in [0.25, 0.3) is 0 Å². The number of hydrogen-bond donors (Lipinski definition) is 2. The number of carbonyl (C=O) groups excluding carboxylic acids is 2. The first kappa shape index (κ1) is 17.2. The molecule has 2 rings (SSSR count). The van der Waals surface area contributed by atoms with Crippen LogP contribution >= 0.6 is 27.5 Å². The molecule has 4 nitrogen and oxygen atoms in total. The predicted molar refractivity (Wildman–Crippen MR) is 96.3 cm³/mol. The summed E-state index contributed by atoms with van der Waals surface area (Å²) in [4.78, 5) is 23.5. The molecule has 118 valence electrons. The molecule has 0 saturated heterocycles. The normalized spacial score (nSPS) is 10.5. The van der Waals surface area contributed by atoms with Crippen molar-refractivity contribution in [3.05, 3.63) is 69.7 Å². The maximum atomic E-state index is 11.7. The highest BCUT2D eigenvalue weighted by molar-refractivity contribution is 9.10. The summed E-state index contributed by atoms with van der Waals surface area (Å²) < 4.78 is 0.893. The Hall–Kier alpha value is -2.11. The van der Waals surface area contributed by atoms with Gasteiger partial charge in [0.2, 0.25) is 11.8 Å². The molecule has 23 heavy (non-hydrogen) atoms. The van der Waals surface area contributed by atoms with Crippen LogP contribution in [0.25, 0.3) is 6.08 Å². The number of amides is 2. The van der Waals surface area contributed by atoms with E-state index in [0.717, 1.165) is 10.0 Å². The number of carbonyl (C=O) groups is 2. The third kappa shape index (κ3) is 5.88. The Morgan fingerprint density at radius 1 is 1.09 bits per heavy atom. The van der Waals surface area contributed by atoms with E-state index >= 15 is 0 Å². The Balaban J connectivity index is 1.81. The van der Waals surface area contributed by atoms with Crippen LogP contribution in [-0.2, 0) is 9.59 Å². The summed E-state index contributed by atoms with van der Waals surface area (Å²) in [5.74, 6) is -0.651. The second-order valence-electron chi connectivity index (χ2n) is 4.63. The Kier molecular flexibility index (Phi) is 6.38.